The van der Waals surface area contributed by atoms with E-state index in [9.17, 15) is 22.8 Å². The lowest BCUT2D eigenvalue weighted by Gasteiger charge is -2.27. The largest absolute Gasteiger partial charge is 0.441 e. The SMILES string of the molecule is CC1(C)OC(=O)N(C(=O)C=Cc2ccccc2C(F)(F)F)C1Cc1ccccc1. The van der Waals surface area contributed by atoms with Gasteiger partial charge >= 0.3 is 12.3 Å². The molecule has 0 radical (unpaired) electrons. The Morgan fingerprint density at radius 3 is 2.38 bits per heavy atom. The lowest BCUT2D eigenvalue weighted by atomic mass is 9.92. The van der Waals surface area contributed by atoms with Crippen LogP contribution in [-0.4, -0.2) is 28.5 Å². The molecule has 2 aromatic rings. The van der Waals surface area contributed by atoms with Crippen molar-refractivity contribution in [3.05, 3.63) is 77.4 Å². The van der Waals surface area contributed by atoms with Crippen molar-refractivity contribution in [3.63, 3.8) is 0 Å². The number of carbonyl (C=O) groups is 2. The van der Waals surface area contributed by atoms with Crippen LogP contribution in [0.1, 0.15) is 30.5 Å². The first-order valence-corrected chi connectivity index (χ1v) is 9.04. The van der Waals surface area contributed by atoms with Crippen LogP contribution in [-0.2, 0) is 22.1 Å². The van der Waals surface area contributed by atoms with Crippen molar-refractivity contribution in [1.82, 2.24) is 4.90 Å². The molecule has 0 spiro atoms. The van der Waals surface area contributed by atoms with E-state index < -0.39 is 35.4 Å². The van der Waals surface area contributed by atoms with Gasteiger partial charge in [0.05, 0.1) is 11.6 Å². The van der Waals surface area contributed by atoms with Gasteiger partial charge in [0.25, 0.3) is 5.91 Å². The highest BCUT2D eigenvalue weighted by Crippen LogP contribution is 2.34. The lowest BCUT2D eigenvalue weighted by molar-refractivity contribution is -0.137. The number of benzene rings is 2. The van der Waals surface area contributed by atoms with Crippen molar-refractivity contribution in [2.45, 2.75) is 38.1 Å². The van der Waals surface area contributed by atoms with Gasteiger partial charge in [0, 0.05) is 6.08 Å². The van der Waals surface area contributed by atoms with E-state index in [2.05, 4.69) is 0 Å². The van der Waals surface area contributed by atoms with Gasteiger partial charge in [-0.05, 0) is 43.5 Å². The molecule has 0 aliphatic carbocycles. The molecule has 1 aliphatic rings. The van der Waals surface area contributed by atoms with Gasteiger partial charge in [0.15, 0.2) is 0 Å². The Bertz CT molecular complexity index is 936. The quantitative estimate of drug-likeness (QED) is 0.669. The first-order chi connectivity index (χ1) is 13.6. The van der Waals surface area contributed by atoms with E-state index >= 15 is 0 Å². The van der Waals surface area contributed by atoms with E-state index in [1.807, 2.05) is 30.3 Å². The van der Waals surface area contributed by atoms with Crippen molar-refractivity contribution >= 4 is 18.1 Å². The van der Waals surface area contributed by atoms with Gasteiger partial charge in [-0.25, -0.2) is 9.69 Å². The fourth-order valence-electron chi connectivity index (χ4n) is 3.34. The third kappa shape index (κ3) is 4.50. The van der Waals surface area contributed by atoms with Crippen molar-refractivity contribution in [2.75, 3.05) is 0 Å². The summed E-state index contributed by atoms with van der Waals surface area (Å²) in [5, 5.41) is 0. The van der Waals surface area contributed by atoms with Crippen LogP contribution >= 0.6 is 0 Å². The van der Waals surface area contributed by atoms with E-state index in [4.69, 9.17) is 4.74 Å². The first kappa shape index (κ1) is 20.6. The lowest BCUT2D eigenvalue weighted by Crippen LogP contribution is -2.45. The molecule has 4 nitrogen and oxygen atoms in total. The normalized spacial score (nSPS) is 18.9. The standard InChI is InChI=1S/C22H20F3NO3/c1-21(2)18(14-15-8-4-3-5-9-15)26(20(28)29-21)19(27)13-12-16-10-6-7-11-17(16)22(23,24)25/h3-13,18H,14H2,1-2H3. The molecule has 1 unspecified atom stereocenters. The van der Waals surface area contributed by atoms with Crippen LogP contribution in [0.15, 0.2) is 60.7 Å². The van der Waals surface area contributed by atoms with E-state index in [1.165, 1.54) is 18.2 Å². The summed E-state index contributed by atoms with van der Waals surface area (Å²) in [6, 6.07) is 13.6. The maximum absolute atomic E-state index is 13.1. The predicted octanol–water partition coefficient (Wildman–Crippen LogP) is 5.09. The van der Waals surface area contributed by atoms with Crippen LogP contribution in [0.3, 0.4) is 0 Å². The maximum atomic E-state index is 13.1. The summed E-state index contributed by atoms with van der Waals surface area (Å²) in [7, 11) is 0. The molecule has 2 amide bonds. The number of cyclic esters (lactones) is 1. The fraction of sp³-hybridized carbons (Fsp3) is 0.273. The van der Waals surface area contributed by atoms with Crippen molar-refractivity contribution in [1.29, 1.82) is 0 Å². The predicted molar refractivity (Wildman–Crippen MR) is 102 cm³/mol. The Morgan fingerprint density at radius 2 is 1.72 bits per heavy atom. The van der Waals surface area contributed by atoms with E-state index in [1.54, 1.807) is 13.8 Å². The number of rotatable bonds is 4. The summed E-state index contributed by atoms with van der Waals surface area (Å²) in [5.74, 6) is -0.724. The zero-order valence-corrected chi connectivity index (χ0v) is 15.9. The van der Waals surface area contributed by atoms with Gasteiger partial charge in [0.1, 0.15) is 5.60 Å². The minimum atomic E-state index is -4.55. The smallest absolute Gasteiger partial charge is 0.417 e. The molecule has 1 fully saturated rings. The number of nitrogens with zero attached hydrogens (tertiary/aromatic N) is 1. The minimum Gasteiger partial charge on any atom is -0.441 e. The second-order valence-corrected chi connectivity index (χ2v) is 7.30. The number of halogens is 3. The summed E-state index contributed by atoms with van der Waals surface area (Å²) in [6.45, 7) is 3.41. The topological polar surface area (TPSA) is 46.6 Å². The van der Waals surface area contributed by atoms with Crippen molar-refractivity contribution in [3.8, 4) is 0 Å². The van der Waals surface area contributed by atoms with Gasteiger partial charge in [-0.2, -0.15) is 13.2 Å². The third-order valence-corrected chi connectivity index (χ3v) is 4.84. The van der Waals surface area contributed by atoms with E-state index in [0.29, 0.717) is 6.42 Å². The van der Waals surface area contributed by atoms with Crippen LogP contribution in [0.4, 0.5) is 18.0 Å². The molecule has 29 heavy (non-hydrogen) atoms. The van der Waals surface area contributed by atoms with Gasteiger partial charge < -0.3 is 4.74 Å². The summed E-state index contributed by atoms with van der Waals surface area (Å²) in [6.07, 6.45) is -2.93. The van der Waals surface area contributed by atoms with Crippen LogP contribution in [0.25, 0.3) is 6.08 Å². The van der Waals surface area contributed by atoms with E-state index in [-0.39, 0.29) is 5.56 Å². The molecular formula is C22H20F3NO3. The molecule has 7 heteroatoms. The Hall–Kier alpha value is -3.09. The molecule has 0 N–H and O–H groups in total. The molecule has 3 rings (SSSR count). The van der Waals surface area contributed by atoms with Gasteiger partial charge in [-0.3, -0.25) is 4.79 Å². The van der Waals surface area contributed by atoms with Gasteiger partial charge in [-0.15, -0.1) is 0 Å². The number of hydrogen-bond donors (Lipinski definition) is 0. The summed E-state index contributed by atoms with van der Waals surface area (Å²) in [5.41, 5.74) is -1.03. The van der Waals surface area contributed by atoms with Crippen LogP contribution in [0.5, 0.6) is 0 Å². The van der Waals surface area contributed by atoms with Crippen molar-refractivity contribution < 1.29 is 27.5 Å². The monoisotopic (exact) mass is 403 g/mol. The number of carbonyl (C=O) groups excluding carboxylic acids is 2. The Labute approximate surface area is 166 Å². The van der Waals surface area contributed by atoms with Crippen molar-refractivity contribution in [2.24, 2.45) is 0 Å². The number of imide groups is 1. The molecular weight excluding hydrogens is 383 g/mol. The molecule has 0 saturated carbocycles. The summed E-state index contributed by atoms with van der Waals surface area (Å²) >= 11 is 0. The minimum absolute atomic E-state index is 0.153. The Balaban J connectivity index is 1.87. The molecule has 1 saturated heterocycles. The number of alkyl halides is 3. The highest BCUT2D eigenvalue weighted by molar-refractivity contribution is 6.02. The second-order valence-electron chi connectivity index (χ2n) is 7.30. The average Bonchev–Trinajstić information content (AvgIpc) is 2.88. The Morgan fingerprint density at radius 1 is 1.10 bits per heavy atom. The molecule has 1 aliphatic heterocycles. The third-order valence-electron chi connectivity index (χ3n) is 4.84. The molecule has 1 atom stereocenters. The highest BCUT2D eigenvalue weighted by atomic mass is 19.4. The second kappa shape index (κ2) is 7.73. The molecule has 152 valence electrons. The van der Waals surface area contributed by atoms with Gasteiger partial charge in [0.2, 0.25) is 0 Å². The zero-order valence-electron chi connectivity index (χ0n) is 15.9. The van der Waals surface area contributed by atoms with E-state index in [0.717, 1.165) is 28.7 Å². The van der Waals surface area contributed by atoms with Gasteiger partial charge in [-0.1, -0.05) is 48.5 Å². The first-order valence-electron chi connectivity index (χ1n) is 9.04. The number of amides is 2. The molecule has 0 aromatic heterocycles. The average molecular weight is 403 g/mol. The fourth-order valence-corrected chi connectivity index (χ4v) is 3.34. The summed E-state index contributed by atoms with van der Waals surface area (Å²) < 4.78 is 44.8. The van der Waals surface area contributed by atoms with Crippen LogP contribution in [0.2, 0.25) is 0 Å². The zero-order chi connectivity index (χ0) is 21.2. The molecule has 2 aromatic carbocycles. The molecule has 1 heterocycles. The number of ether oxygens (including phenoxy) is 1. The maximum Gasteiger partial charge on any atom is 0.417 e. The van der Waals surface area contributed by atoms with Crippen LogP contribution < -0.4 is 0 Å². The Kier molecular flexibility index (Phi) is 5.50. The molecule has 0 bridgehead atoms. The summed E-state index contributed by atoms with van der Waals surface area (Å²) in [4.78, 5) is 26.0. The number of hydrogen-bond acceptors (Lipinski definition) is 3. The van der Waals surface area contributed by atoms with Crippen LogP contribution in [0, 0.1) is 0 Å². The highest BCUT2D eigenvalue weighted by Gasteiger charge is 2.49.